The molecular weight excluding hydrogens is 366 g/mol. The lowest BCUT2D eigenvalue weighted by Crippen LogP contribution is -2.15. The standard InChI is InChI=1S/C19H16BrN3O/c20-15-6-4-5-14(11-15)19(24)21-18-12-17(13-9-10-13)22-23(18)16-7-2-1-3-8-16/h1-8,11-13H,9-10H2,(H,21,24). The summed E-state index contributed by atoms with van der Waals surface area (Å²) in [5, 5.41) is 7.70. The summed E-state index contributed by atoms with van der Waals surface area (Å²) < 4.78 is 2.69. The number of carbonyl (C=O) groups excluding carboxylic acids is 1. The lowest BCUT2D eigenvalue weighted by Gasteiger charge is -2.09. The highest BCUT2D eigenvalue weighted by molar-refractivity contribution is 9.10. The molecule has 3 aromatic rings. The monoisotopic (exact) mass is 381 g/mol. The molecule has 1 heterocycles. The number of carbonyl (C=O) groups is 1. The van der Waals surface area contributed by atoms with E-state index in [0.717, 1.165) is 15.9 Å². The fraction of sp³-hybridized carbons (Fsp3) is 0.158. The van der Waals surface area contributed by atoms with Crippen molar-refractivity contribution in [2.24, 2.45) is 0 Å². The number of nitrogens with zero attached hydrogens (tertiary/aromatic N) is 2. The fourth-order valence-corrected chi connectivity index (χ4v) is 3.05. The number of anilines is 1. The number of halogens is 1. The van der Waals surface area contributed by atoms with Crippen molar-refractivity contribution < 1.29 is 4.79 Å². The Bertz CT molecular complexity index is 885. The molecule has 4 rings (SSSR count). The van der Waals surface area contributed by atoms with Crippen molar-refractivity contribution in [2.45, 2.75) is 18.8 Å². The minimum atomic E-state index is -0.143. The third kappa shape index (κ3) is 3.12. The van der Waals surface area contributed by atoms with Gasteiger partial charge in [0, 0.05) is 22.0 Å². The molecule has 0 bridgehead atoms. The van der Waals surface area contributed by atoms with E-state index in [0.29, 0.717) is 17.3 Å². The number of para-hydroxylation sites is 1. The van der Waals surface area contributed by atoms with E-state index in [-0.39, 0.29) is 5.91 Å². The molecule has 0 unspecified atom stereocenters. The van der Waals surface area contributed by atoms with Crippen LogP contribution >= 0.6 is 15.9 Å². The smallest absolute Gasteiger partial charge is 0.256 e. The van der Waals surface area contributed by atoms with E-state index in [9.17, 15) is 4.79 Å². The van der Waals surface area contributed by atoms with Crippen LogP contribution in [0.1, 0.15) is 34.8 Å². The largest absolute Gasteiger partial charge is 0.306 e. The van der Waals surface area contributed by atoms with Crippen molar-refractivity contribution in [1.82, 2.24) is 9.78 Å². The number of hydrogen-bond acceptors (Lipinski definition) is 2. The molecular formula is C19H16BrN3O. The molecule has 2 aromatic carbocycles. The van der Waals surface area contributed by atoms with Crippen molar-refractivity contribution in [2.75, 3.05) is 5.32 Å². The van der Waals surface area contributed by atoms with Gasteiger partial charge in [-0.1, -0.05) is 40.2 Å². The summed E-state index contributed by atoms with van der Waals surface area (Å²) in [5.41, 5.74) is 2.59. The molecule has 5 heteroatoms. The third-order valence-corrected chi connectivity index (χ3v) is 4.55. The molecule has 1 amide bonds. The van der Waals surface area contributed by atoms with Crippen LogP contribution in [0.3, 0.4) is 0 Å². The van der Waals surface area contributed by atoms with Gasteiger partial charge in [-0.25, -0.2) is 4.68 Å². The van der Waals surface area contributed by atoms with E-state index in [1.807, 2.05) is 53.2 Å². The van der Waals surface area contributed by atoms with E-state index < -0.39 is 0 Å². The van der Waals surface area contributed by atoms with Gasteiger partial charge in [0.15, 0.2) is 0 Å². The van der Waals surface area contributed by atoms with Crippen LogP contribution in [0.2, 0.25) is 0 Å². The Morgan fingerprint density at radius 1 is 1.08 bits per heavy atom. The Balaban J connectivity index is 1.68. The molecule has 24 heavy (non-hydrogen) atoms. The van der Waals surface area contributed by atoms with Crippen LogP contribution in [-0.2, 0) is 0 Å². The predicted octanol–water partition coefficient (Wildman–Crippen LogP) is 4.76. The average Bonchev–Trinajstić information content (AvgIpc) is 3.37. The Kier molecular flexibility index (Phi) is 3.94. The maximum atomic E-state index is 12.6. The maximum absolute atomic E-state index is 12.6. The molecule has 1 fully saturated rings. The van der Waals surface area contributed by atoms with Crippen LogP contribution in [0, 0.1) is 0 Å². The van der Waals surface area contributed by atoms with Gasteiger partial charge in [0.25, 0.3) is 5.91 Å². The first-order valence-corrected chi connectivity index (χ1v) is 8.72. The SMILES string of the molecule is O=C(Nc1cc(C2CC2)nn1-c1ccccc1)c1cccc(Br)c1. The summed E-state index contributed by atoms with van der Waals surface area (Å²) >= 11 is 3.40. The number of benzene rings is 2. The predicted molar refractivity (Wildman–Crippen MR) is 97.6 cm³/mol. The minimum absolute atomic E-state index is 0.143. The van der Waals surface area contributed by atoms with Gasteiger partial charge in [0.1, 0.15) is 5.82 Å². The number of rotatable bonds is 4. The normalized spacial score (nSPS) is 13.7. The number of nitrogens with one attached hydrogen (secondary N) is 1. The Labute approximate surface area is 148 Å². The summed E-state index contributed by atoms with van der Waals surface area (Å²) in [7, 11) is 0. The zero-order chi connectivity index (χ0) is 16.5. The number of aromatic nitrogens is 2. The van der Waals surface area contributed by atoms with Gasteiger partial charge in [0.05, 0.1) is 11.4 Å². The van der Waals surface area contributed by atoms with E-state index in [4.69, 9.17) is 5.10 Å². The Morgan fingerprint density at radius 2 is 1.88 bits per heavy atom. The van der Waals surface area contributed by atoms with Crippen molar-refractivity contribution in [3.05, 3.63) is 76.4 Å². The topological polar surface area (TPSA) is 46.9 Å². The molecule has 0 saturated heterocycles. The van der Waals surface area contributed by atoms with Crippen molar-refractivity contribution in [3.8, 4) is 5.69 Å². The van der Waals surface area contributed by atoms with E-state index in [1.54, 1.807) is 12.1 Å². The van der Waals surface area contributed by atoms with E-state index in [1.165, 1.54) is 12.8 Å². The van der Waals surface area contributed by atoms with Gasteiger partial charge in [-0.05, 0) is 43.2 Å². The van der Waals surface area contributed by atoms with Crippen molar-refractivity contribution in [3.63, 3.8) is 0 Å². The second kappa shape index (κ2) is 6.24. The van der Waals surface area contributed by atoms with E-state index in [2.05, 4.69) is 21.2 Å². The van der Waals surface area contributed by atoms with Crippen LogP contribution in [0.25, 0.3) is 5.69 Å². The van der Waals surface area contributed by atoms with Crippen LogP contribution in [0.5, 0.6) is 0 Å². The molecule has 1 saturated carbocycles. The average molecular weight is 382 g/mol. The lowest BCUT2D eigenvalue weighted by atomic mass is 10.2. The molecule has 0 aliphatic heterocycles. The second-order valence-corrected chi connectivity index (χ2v) is 6.86. The van der Waals surface area contributed by atoms with Crippen molar-refractivity contribution >= 4 is 27.7 Å². The molecule has 0 spiro atoms. The maximum Gasteiger partial charge on any atom is 0.256 e. The molecule has 1 N–H and O–H groups in total. The van der Waals surface area contributed by atoms with Crippen molar-refractivity contribution in [1.29, 1.82) is 0 Å². The Morgan fingerprint density at radius 3 is 2.58 bits per heavy atom. The van der Waals surface area contributed by atoms with Gasteiger partial charge in [-0.3, -0.25) is 4.79 Å². The lowest BCUT2D eigenvalue weighted by molar-refractivity contribution is 0.102. The highest BCUT2D eigenvalue weighted by Crippen LogP contribution is 2.40. The summed E-state index contributed by atoms with van der Waals surface area (Å²) in [4.78, 5) is 12.6. The second-order valence-electron chi connectivity index (χ2n) is 5.94. The summed E-state index contributed by atoms with van der Waals surface area (Å²) in [5.74, 6) is 1.08. The number of amides is 1. The molecule has 0 atom stereocenters. The molecule has 1 aliphatic carbocycles. The Hall–Kier alpha value is -2.40. The van der Waals surface area contributed by atoms with Crippen LogP contribution in [0.15, 0.2) is 65.1 Å². The van der Waals surface area contributed by atoms with E-state index >= 15 is 0 Å². The van der Waals surface area contributed by atoms with Crippen LogP contribution in [-0.4, -0.2) is 15.7 Å². The third-order valence-electron chi connectivity index (χ3n) is 4.05. The van der Waals surface area contributed by atoms with Crippen LogP contribution in [0.4, 0.5) is 5.82 Å². The summed E-state index contributed by atoms with van der Waals surface area (Å²) in [6.45, 7) is 0. The zero-order valence-electron chi connectivity index (χ0n) is 12.9. The first-order valence-electron chi connectivity index (χ1n) is 7.93. The quantitative estimate of drug-likeness (QED) is 0.707. The first kappa shape index (κ1) is 15.1. The van der Waals surface area contributed by atoms with Crippen LogP contribution < -0.4 is 5.32 Å². The number of hydrogen-bond donors (Lipinski definition) is 1. The highest BCUT2D eigenvalue weighted by Gasteiger charge is 2.28. The van der Waals surface area contributed by atoms with Gasteiger partial charge in [-0.2, -0.15) is 5.10 Å². The molecule has 0 radical (unpaired) electrons. The highest BCUT2D eigenvalue weighted by atomic mass is 79.9. The van der Waals surface area contributed by atoms with Gasteiger partial charge >= 0.3 is 0 Å². The van der Waals surface area contributed by atoms with Gasteiger partial charge < -0.3 is 5.32 Å². The molecule has 1 aliphatic rings. The van der Waals surface area contributed by atoms with Gasteiger partial charge in [-0.15, -0.1) is 0 Å². The minimum Gasteiger partial charge on any atom is -0.306 e. The summed E-state index contributed by atoms with van der Waals surface area (Å²) in [6.07, 6.45) is 2.34. The summed E-state index contributed by atoms with van der Waals surface area (Å²) in [6, 6.07) is 19.2. The van der Waals surface area contributed by atoms with Gasteiger partial charge in [0.2, 0.25) is 0 Å². The molecule has 120 valence electrons. The zero-order valence-corrected chi connectivity index (χ0v) is 14.5. The molecule has 1 aromatic heterocycles. The first-order chi connectivity index (χ1) is 11.7. The fourth-order valence-electron chi connectivity index (χ4n) is 2.65. The molecule has 4 nitrogen and oxygen atoms in total.